The van der Waals surface area contributed by atoms with E-state index in [-0.39, 0.29) is 29.0 Å². The number of halogens is 1. The smallest absolute Gasteiger partial charge is 0.286 e. The van der Waals surface area contributed by atoms with Crippen molar-refractivity contribution in [3.63, 3.8) is 0 Å². The van der Waals surface area contributed by atoms with Gasteiger partial charge in [-0.15, -0.1) is 21.5 Å². The van der Waals surface area contributed by atoms with Crippen LogP contribution in [0.4, 0.5) is 9.18 Å². The Labute approximate surface area is 235 Å². The van der Waals surface area contributed by atoms with E-state index in [4.69, 9.17) is 4.42 Å². The highest BCUT2D eigenvalue weighted by Crippen LogP contribution is 2.39. The van der Waals surface area contributed by atoms with Crippen LogP contribution in [0.5, 0.6) is 0 Å². The first-order valence-electron chi connectivity index (χ1n) is 12.0. The minimum Gasteiger partial charge on any atom is -0.423 e. The summed E-state index contributed by atoms with van der Waals surface area (Å²) in [7, 11) is -4.02. The molecule has 2 aromatic heterocycles. The largest absolute Gasteiger partial charge is 0.423 e. The molecule has 0 aliphatic carbocycles. The molecule has 202 valence electrons. The van der Waals surface area contributed by atoms with Crippen LogP contribution in [0.2, 0.25) is 0 Å². The molecular formula is C27H19FN4O5S3. The number of fused-ring (bicyclic) bond motifs is 1. The fourth-order valence-corrected chi connectivity index (χ4v) is 8.30. The van der Waals surface area contributed by atoms with Crippen LogP contribution in [0.15, 0.2) is 77.2 Å². The fourth-order valence-electron chi connectivity index (χ4n) is 4.36. The monoisotopic (exact) mass is 594 g/mol. The van der Waals surface area contributed by atoms with Gasteiger partial charge in [-0.1, -0.05) is 72.4 Å². The Morgan fingerprint density at radius 2 is 1.73 bits per heavy atom. The van der Waals surface area contributed by atoms with Gasteiger partial charge < -0.3 is 4.42 Å². The van der Waals surface area contributed by atoms with Gasteiger partial charge in [-0.25, -0.2) is 17.8 Å². The van der Waals surface area contributed by atoms with Gasteiger partial charge in [0.15, 0.2) is 15.1 Å². The Morgan fingerprint density at radius 3 is 2.42 bits per heavy atom. The lowest BCUT2D eigenvalue weighted by molar-refractivity contribution is -0.119. The number of imide groups is 1. The van der Waals surface area contributed by atoms with Gasteiger partial charge in [0.25, 0.3) is 5.24 Å². The van der Waals surface area contributed by atoms with Gasteiger partial charge in [0, 0.05) is 18.1 Å². The van der Waals surface area contributed by atoms with E-state index in [0.29, 0.717) is 26.9 Å². The van der Waals surface area contributed by atoms with Crippen molar-refractivity contribution in [1.82, 2.24) is 20.5 Å². The highest BCUT2D eigenvalue weighted by Gasteiger charge is 2.38. The summed E-state index contributed by atoms with van der Waals surface area (Å²) in [6.07, 6.45) is -0.0494. The average molecular weight is 595 g/mol. The normalized spacial score (nSPS) is 16.4. The second-order valence-corrected chi connectivity index (χ2v) is 13.3. The number of carbonyl (C=O) groups excluding carboxylic acids is 2. The van der Waals surface area contributed by atoms with Crippen molar-refractivity contribution in [2.24, 2.45) is 0 Å². The van der Waals surface area contributed by atoms with Crippen molar-refractivity contribution in [3.8, 4) is 11.1 Å². The number of aromatic nitrogens is 3. The van der Waals surface area contributed by atoms with Crippen molar-refractivity contribution in [1.29, 1.82) is 0 Å². The van der Waals surface area contributed by atoms with E-state index < -0.39 is 37.3 Å². The summed E-state index contributed by atoms with van der Waals surface area (Å²) in [6, 6.07) is 20.6. The van der Waals surface area contributed by atoms with Crippen LogP contribution in [0.3, 0.4) is 0 Å². The van der Waals surface area contributed by atoms with Gasteiger partial charge in [-0.3, -0.25) is 14.9 Å². The summed E-state index contributed by atoms with van der Waals surface area (Å²) >= 11 is 1.90. The van der Waals surface area contributed by atoms with E-state index in [2.05, 4.69) is 20.5 Å². The number of benzene rings is 3. The Hall–Kier alpha value is -3.94. The lowest BCUT2D eigenvalue weighted by atomic mass is 10.1. The molecule has 1 aliphatic heterocycles. The number of carbonyl (C=O) groups is 2. The highest BCUT2D eigenvalue weighted by atomic mass is 32.2. The summed E-state index contributed by atoms with van der Waals surface area (Å²) in [5.41, 5.74) is 1.91. The number of nitrogens with one attached hydrogen (secondary N) is 1. The van der Waals surface area contributed by atoms with E-state index in [0.717, 1.165) is 23.1 Å². The molecular weight excluding hydrogens is 576 g/mol. The molecule has 1 fully saturated rings. The number of thioether (sulfide) groups is 1. The summed E-state index contributed by atoms with van der Waals surface area (Å²) in [6.45, 7) is 0. The van der Waals surface area contributed by atoms with Crippen LogP contribution in [-0.4, -0.2) is 40.0 Å². The molecule has 0 spiro atoms. The van der Waals surface area contributed by atoms with Gasteiger partial charge >= 0.3 is 0 Å². The van der Waals surface area contributed by atoms with Gasteiger partial charge in [-0.2, -0.15) is 0 Å². The molecule has 1 saturated heterocycles. The maximum Gasteiger partial charge on any atom is 0.286 e. The van der Waals surface area contributed by atoms with E-state index >= 15 is 4.39 Å². The Morgan fingerprint density at radius 1 is 1.00 bits per heavy atom. The van der Waals surface area contributed by atoms with Gasteiger partial charge in [-0.05, 0) is 17.2 Å². The van der Waals surface area contributed by atoms with Crippen molar-refractivity contribution in [2.75, 3.05) is 0 Å². The zero-order valence-corrected chi connectivity index (χ0v) is 22.9. The molecule has 13 heteroatoms. The summed E-state index contributed by atoms with van der Waals surface area (Å²) in [5, 5.41) is 7.64. The van der Waals surface area contributed by atoms with Crippen LogP contribution in [0.25, 0.3) is 21.3 Å². The van der Waals surface area contributed by atoms with Gasteiger partial charge in [0.2, 0.25) is 17.7 Å². The molecule has 1 aliphatic rings. The number of hydrogen-bond donors (Lipinski definition) is 1. The third-order valence-corrected chi connectivity index (χ3v) is 10.3. The van der Waals surface area contributed by atoms with E-state index in [1.807, 2.05) is 6.07 Å². The maximum atomic E-state index is 15.1. The quantitative estimate of drug-likeness (QED) is 0.261. The Bertz CT molecular complexity index is 1840. The number of nitrogens with zero attached hydrogens (tertiary/aromatic N) is 3. The van der Waals surface area contributed by atoms with Crippen LogP contribution in [0.1, 0.15) is 27.6 Å². The lowest BCUT2D eigenvalue weighted by Crippen LogP contribution is -2.25. The number of rotatable bonds is 8. The molecule has 2 atom stereocenters. The third kappa shape index (κ3) is 5.27. The highest BCUT2D eigenvalue weighted by molar-refractivity contribution is 8.15. The van der Waals surface area contributed by atoms with Crippen molar-refractivity contribution in [2.45, 2.75) is 22.7 Å². The van der Waals surface area contributed by atoms with Crippen LogP contribution in [-0.2, 0) is 26.8 Å². The SMILES string of the molecule is O=C1NC(=O)C(Cc2nnc(C(c3nc4cc(F)c(-c5ccccc5)cc4s3)S(=O)(=O)Cc3ccccc3)o2)S1. The molecule has 3 heterocycles. The predicted octanol–water partition coefficient (Wildman–Crippen LogP) is 5.08. The summed E-state index contributed by atoms with van der Waals surface area (Å²) < 4.78 is 49.1. The number of amides is 2. The third-order valence-electron chi connectivity index (χ3n) is 6.21. The molecule has 0 radical (unpaired) electrons. The second kappa shape index (κ2) is 10.6. The molecule has 6 rings (SSSR count). The van der Waals surface area contributed by atoms with Gasteiger partial charge in [0.1, 0.15) is 16.1 Å². The van der Waals surface area contributed by atoms with Gasteiger partial charge in [0.05, 0.1) is 16.0 Å². The minimum atomic E-state index is -4.02. The maximum absolute atomic E-state index is 15.1. The summed E-state index contributed by atoms with van der Waals surface area (Å²) in [5.74, 6) is -1.50. The van der Waals surface area contributed by atoms with Crippen molar-refractivity contribution in [3.05, 3.63) is 101 Å². The number of sulfone groups is 1. The molecule has 5 aromatic rings. The van der Waals surface area contributed by atoms with Crippen LogP contribution >= 0.6 is 23.1 Å². The molecule has 40 heavy (non-hydrogen) atoms. The first-order chi connectivity index (χ1) is 19.3. The topological polar surface area (TPSA) is 132 Å². The number of hydrogen-bond acceptors (Lipinski definition) is 10. The van der Waals surface area contributed by atoms with E-state index in [1.165, 1.54) is 6.07 Å². The minimum absolute atomic E-state index is 0.00998. The molecule has 2 unspecified atom stereocenters. The zero-order chi connectivity index (χ0) is 27.9. The molecule has 2 amide bonds. The zero-order valence-electron chi connectivity index (χ0n) is 20.5. The molecule has 9 nitrogen and oxygen atoms in total. The number of thiazole rings is 1. The first-order valence-corrected chi connectivity index (χ1v) is 15.4. The first kappa shape index (κ1) is 26.3. The Kier molecular flexibility index (Phi) is 6.94. The average Bonchev–Trinajstić information content (AvgIpc) is 3.63. The predicted molar refractivity (Wildman–Crippen MR) is 149 cm³/mol. The van der Waals surface area contributed by atoms with Crippen LogP contribution < -0.4 is 5.32 Å². The van der Waals surface area contributed by atoms with Crippen LogP contribution in [0, 0.1) is 5.82 Å². The second-order valence-electron chi connectivity index (χ2n) is 9.01. The fraction of sp³-hybridized carbons (Fsp3) is 0.148. The standard InChI is InChI=1S/C27H19FN4O5S3/c28-18-12-19-20(11-17(18)16-9-5-2-6-10-16)38-26(29-19)23(40(35,36)14-15-7-3-1-4-8-15)25-32-31-22(37-25)13-21-24(33)30-27(34)39-21/h1-12,21,23H,13-14H2,(H,30,33,34). The lowest BCUT2D eigenvalue weighted by Gasteiger charge is -2.12. The summed E-state index contributed by atoms with van der Waals surface area (Å²) in [4.78, 5) is 28.0. The van der Waals surface area contributed by atoms with E-state index in [9.17, 15) is 18.0 Å². The van der Waals surface area contributed by atoms with Crippen molar-refractivity contribution < 1.29 is 26.8 Å². The van der Waals surface area contributed by atoms with E-state index in [1.54, 1.807) is 60.7 Å². The molecule has 0 bridgehead atoms. The molecule has 3 aromatic carbocycles. The Balaban J connectivity index is 1.41. The molecule has 0 saturated carbocycles. The molecule has 1 N–H and O–H groups in total. The van der Waals surface area contributed by atoms with Crippen molar-refractivity contribution >= 4 is 54.3 Å².